The second kappa shape index (κ2) is 36.7. The van der Waals surface area contributed by atoms with Crippen molar-refractivity contribution in [1.82, 2.24) is 0 Å². The fourth-order valence-electron chi connectivity index (χ4n) is 6.98. The van der Waals surface area contributed by atoms with Gasteiger partial charge in [0.1, 0.15) is 0 Å². The Morgan fingerprint density at radius 2 is 0.788 bits per heavy atom. The molecule has 0 saturated carbocycles. The lowest BCUT2D eigenvalue weighted by Crippen LogP contribution is -2.22. The highest BCUT2D eigenvalue weighted by Crippen LogP contribution is 2.33. The van der Waals surface area contributed by atoms with Crippen molar-refractivity contribution in [1.29, 1.82) is 0 Å². The van der Waals surface area contributed by atoms with Gasteiger partial charge in [0, 0.05) is 25.4 Å². The van der Waals surface area contributed by atoms with E-state index in [-0.39, 0.29) is 18.6 Å². The number of rotatable bonds is 35. The minimum atomic E-state index is -0.668. The first-order valence-electron chi connectivity index (χ1n) is 22.3. The molecule has 0 bridgehead atoms. The first-order valence-corrected chi connectivity index (χ1v) is 22.3. The van der Waals surface area contributed by atoms with E-state index in [0.29, 0.717) is 37.3 Å². The Labute approximate surface area is 320 Å². The number of hydrogen-bond acceptors (Lipinski definition) is 6. The van der Waals surface area contributed by atoms with Crippen molar-refractivity contribution in [2.75, 3.05) is 6.61 Å². The highest BCUT2D eigenvalue weighted by Gasteiger charge is 2.37. The van der Waals surface area contributed by atoms with Gasteiger partial charge in [-0.25, -0.2) is 0 Å². The summed E-state index contributed by atoms with van der Waals surface area (Å²) in [7, 11) is 0. The predicted molar refractivity (Wildman–Crippen MR) is 215 cm³/mol. The minimum Gasteiger partial charge on any atom is -0.481 e. The lowest BCUT2D eigenvalue weighted by Gasteiger charge is -2.17. The third-order valence-corrected chi connectivity index (χ3v) is 10.7. The summed E-state index contributed by atoms with van der Waals surface area (Å²) in [6.45, 7) is 8.65. The molecule has 6 unspecified atom stereocenters. The summed E-state index contributed by atoms with van der Waals surface area (Å²) in [6, 6.07) is 0. The standard InChI is InChI=1S/2C18H34O3.C8H18O2/c2*1-2-3-4-5-7-10-13-16-17(21-16)14-11-8-6-9-12-15-18(19)20;1-3-5-8(10)7(4-2)6-9/h2*16-17H,2-15H2,1H3,(H,19,20);7-10H,3-6H2,1-2H3. The maximum absolute atomic E-state index is 10.4. The van der Waals surface area contributed by atoms with Crippen molar-refractivity contribution in [3.05, 3.63) is 0 Å². The van der Waals surface area contributed by atoms with Gasteiger partial charge in [-0.3, -0.25) is 9.59 Å². The van der Waals surface area contributed by atoms with Crippen molar-refractivity contribution in [3.63, 3.8) is 0 Å². The number of epoxide rings is 2. The Bertz CT molecular complexity index is 734. The smallest absolute Gasteiger partial charge is 0.303 e. The van der Waals surface area contributed by atoms with Crippen molar-refractivity contribution < 1.29 is 39.5 Å². The van der Waals surface area contributed by atoms with E-state index in [0.717, 1.165) is 44.9 Å². The quantitative estimate of drug-likeness (QED) is 0.0371. The topological polar surface area (TPSA) is 140 Å². The van der Waals surface area contributed by atoms with Gasteiger partial charge in [-0.1, -0.05) is 163 Å². The van der Waals surface area contributed by atoms with Crippen molar-refractivity contribution in [2.45, 2.75) is 257 Å². The molecule has 8 heteroatoms. The second-order valence-electron chi connectivity index (χ2n) is 15.6. The Morgan fingerprint density at radius 3 is 1.06 bits per heavy atom. The van der Waals surface area contributed by atoms with Crippen LogP contribution >= 0.6 is 0 Å². The van der Waals surface area contributed by atoms with Crippen LogP contribution in [0, 0.1) is 5.92 Å². The summed E-state index contributed by atoms with van der Waals surface area (Å²) < 4.78 is 11.5. The number of ether oxygens (including phenoxy) is 2. The zero-order valence-electron chi connectivity index (χ0n) is 34.5. The number of carbonyl (C=O) groups is 2. The molecule has 2 heterocycles. The summed E-state index contributed by atoms with van der Waals surface area (Å²) in [5.74, 6) is -1.25. The molecule has 2 fully saturated rings. The van der Waals surface area contributed by atoms with Crippen LogP contribution in [0.3, 0.4) is 0 Å². The maximum Gasteiger partial charge on any atom is 0.303 e. The molecule has 4 N–H and O–H groups in total. The van der Waals surface area contributed by atoms with Crippen molar-refractivity contribution in [2.24, 2.45) is 5.92 Å². The third-order valence-electron chi connectivity index (χ3n) is 10.7. The molecule has 8 nitrogen and oxygen atoms in total. The Balaban J connectivity index is 0.000000800. The van der Waals surface area contributed by atoms with E-state index in [1.165, 1.54) is 141 Å². The van der Waals surface area contributed by atoms with E-state index in [4.69, 9.17) is 24.8 Å². The van der Waals surface area contributed by atoms with Crippen LogP contribution < -0.4 is 0 Å². The van der Waals surface area contributed by atoms with E-state index >= 15 is 0 Å². The molecule has 0 aromatic carbocycles. The summed E-state index contributed by atoms with van der Waals surface area (Å²) >= 11 is 0. The lowest BCUT2D eigenvalue weighted by molar-refractivity contribution is -0.138. The molecule has 0 amide bonds. The molecule has 0 aromatic heterocycles. The van der Waals surface area contributed by atoms with Crippen LogP contribution in [0.15, 0.2) is 0 Å². The molecule has 2 rings (SSSR count). The fourth-order valence-corrected chi connectivity index (χ4v) is 6.98. The summed E-state index contributed by atoms with van der Waals surface area (Å²) in [6.07, 6.45) is 37.6. The first kappa shape index (κ1) is 50.8. The third kappa shape index (κ3) is 33.4. The monoisotopic (exact) mass is 743 g/mol. The zero-order valence-corrected chi connectivity index (χ0v) is 34.5. The van der Waals surface area contributed by atoms with E-state index in [1.54, 1.807) is 0 Å². The van der Waals surface area contributed by atoms with Gasteiger partial charge in [0.15, 0.2) is 0 Å². The Morgan fingerprint density at radius 1 is 0.481 bits per heavy atom. The van der Waals surface area contributed by atoms with Gasteiger partial charge in [0.05, 0.1) is 30.5 Å². The van der Waals surface area contributed by atoms with E-state index in [1.807, 2.05) is 13.8 Å². The van der Waals surface area contributed by atoms with E-state index < -0.39 is 11.9 Å². The molecular weight excluding hydrogens is 656 g/mol. The van der Waals surface area contributed by atoms with Gasteiger partial charge in [0.25, 0.3) is 0 Å². The van der Waals surface area contributed by atoms with Gasteiger partial charge in [-0.15, -0.1) is 0 Å². The van der Waals surface area contributed by atoms with Crippen LogP contribution in [0.1, 0.15) is 227 Å². The van der Waals surface area contributed by atoms with Gasteiger partial charge >= 0.3 is 11.9 Å². The van der Waals surface area contributed by atoms with Crippen LogP contribution in [0.5, 0.6) is 0 Å². The average molecular weight is 743 g/mol. The summed E-state index contributed by atoms with van der Waals surface area (Å²) in [5, 5.41) is 35.2. The molecule has 0 spiro atoms. The normalized spacial score (nSPS) is 19.9. The second-order valence-corrected chi connectivity index (χ2v) is 15.6. The number of aliphatic carboxylic acids is 2. The van der Waals surface area contributed by atoms with E-state index in [9.17, 15) is 14.7 Å². The highest BCUT2D eigenvalue weighted by atomic mass is 16.6. The van der Waals surface area contributed by atoms with Gasteiger partial charge in [0.2, 0.25) is 0 Å². The first-order chi connectivity index (χ1) is 25.2. The summed E-state index contributed by atoms with van der Waals surface area (Å²) in [4.78, 5) is 20.7. The number of carboxylic acid groups (broad SMARTS) is 2. The molecule has 2 saturated heterocycles. The maximum atomic E-state index is 10.4. The number of hydrogen-bond donors (Lipinski definition) is 4. The molecule has 0 aliphatic carbocycles. The molecular formula is C44H86O8. The molecule has 0 radical (unpaired) electrons. The molecule has 2 aliphatic heterocycles. The van der Waals surface area contributed by atoms with Crippen molar-refractivity contribution in [3.8, 4) is 0 Å². The van der Waals surface area contributed by atoms with Crippen molar-refractivity contribution >= 4 is 11.9 Å². The largest absolute Gasteiger partial charge is 0.481 e. The minimum absolute atomic E-state index is 0.0833. The zero-order chi connectivity index (χ0) is 38.7. The number of carboxylic acids is 2. The van der Waals surface area contributed by atoms with Gasteiger partial charge in [-0.05, 0) is 51.4 Å². The SMILES string of the molecule is CCCC(O)C(CC)CO.CCCCCCCCC1OC1CCCCCCCC(=O)O.CCCCCCCCC1OC1CCCCCCCC(=O)O. The van der Waals surface area contributed by atoms with Gasteiger partial charge < -0.3 is 29.9 Å². The lowest BCUT2D eigenvalue weighted by atomic mass is 9.97. The molecule has 0 aromatic rings. The Kier molecular flexibility index (Phi) is 35.9. The van der Waals surface area contributed by atoms with Crippen LogP contribution in [-0.2, 0) is 19.1 Å². The van der Waals surface area contributed by atoms with Crippen LogP contribution in [0.2, 0.25) is 0 Å². The number of unbranched alkanes of at least 4 members (excludes halogenated alkanes) is 18. The molecule has 52 heavy (non-hydrogen) atoms. The molecule has 2 aliphatic rings. The highest BCUT2D eigenvalue weighted by molar-refractivity contribution is 5.66. The van der Waals surface area contributed by atoms with Crippen LogP contribution in [0.25, 0.3) is 0 Å². The number of aliphatic hydroxyl groups is 2. The van der Waals surface area contributed by atoms with Crippen LogP contribution in [0.4, 0.5) is 0 Å². The molecule has 6 atom stereocenters. The van der Waals surface area contributed by atoms with Crippen LogP contribution in [-0.4, -0.2) is 69.5 Å². The predicted octanol–water partition coefficient (Wildman–Crippen LogP) is 11.8. The van der Waals surface area contributed by atoms with E-state index in [2.05, 4.69) is 13.8 Å². The average Bonchev–Trinajstić information content (AvgIpc) is 4.05. The van der Waals surface area contributed by atoms with Gasteiger partial charge in [-0.2, -0.15) is 0 Å². The summed E-state index contributed by atoms with van der Waals surface area (Å²) in [5.41, 5.74) is 0. The fraction of sp³-hybridized carbons (Fsp3) is 0.955. The Hall–Kier alpha value is -1.22. The molecule has 310 valence electrons. The number of aliphatic hydroxyl groups excluding tert-OH is 2.